The zero-order valence-corrected chi connectivity index (χ0v) is 28.5. The van der Waals surface area contributed by atoms with Crippen LogP contribution in [0, 0.1) is 0 Å². The van der Waals surface area contributed by atoms with Crippen molar-refractivity contribution in [1.29, 1.82) is 0 Å². The summed E-state index contributed by atoms with van der Waals surface area (Å²) in [5, 5.41) is 11.5. The quantitative estimate of drug-likeness (QED) is 0.174. The van der Waals surface area contributed by atoms with Crippen LogP contribution in [0.5, 0.6) is 0 Å². The minimum Gasteiger partial charge on any atom is -0.456 e. The van der Waals surface area contributed by atoms with E-state index >= 15 is 0 Å². The minimum atomic E-state index is 0.630. The van der Waals surface area contributed by atoms with Gasteiger partial charge in [-0.25, -0.2) is 15.0 Å². The number of hydrogen-bond acceptors (Lipinski definition) is 4. The maximum Gasteiger partial charge on any atom is 0.164 e. The summed E-state index contributed by atoms with van der Waals surface area (Å²) in [6, 6.07) is 61.6. The molecule has 4 heteroatoms. The summed E-state index contributed by atoms with van der Waals surface area (Å²) in [5.41, 5.74) is 6.94. The van der Waals surface area contributed by atoms with Crippen molar-refractivity contribution >= 4 is 65.0 Å². The number of fused-ring (bicyclic) bond motifs is 9. The van der Waals surface area contributed by atoms with Gasteiger partial charge in [-0.05, 0) is 73.1 Å². The summed E-state index contributed by atoms with van der Waals surface area (Å²) < 4.78 is 6.25. The van der Waals surface area contributed by atoms with Crippen LogP contribution in [0.15, 0.2) is 180 Å². The van der Waals surface area contributed by atoms with Crippen molar-refractivity contribution < 1.29 is 4.42 Å². The topological polar surface area (TPSA) is 51.8 Å². The molecule has 0 saturated carbocycles. The molecule has 9 aromatic carbocycles. The largest absolute Gasteiger partial charge is 0.456 e. The third kappa shape index (κ3) is 4.73. The van der Waals surface area contributed by atoms with Gasteiger partial charge in [0.25, 0.3) is 0 Å². The molecule has 2 heterocycles. The molecule has 11 aromatic rings. The zero-order valence-electron chi connectivity index (χ0n) is 28.5. The van der Waals surface area contributed by atoms with E-state index in [0.717, 1.165) is 71.3 Å². The molecule has 53 heavy (non-hydrogen) atoms. The molecule has 0 aliphatic rings. The van der Waals surface area contributed by atoms with Gasteiger partial charge in [0, 0.05) is 32.8 Å². The van der Waals surface area contributed by atoms with Crippen LogP contribution < -0.4 is 0 Å². The van der Waals surface area contributed by atoms with Crippen molar-refractivity contribution in [2.45, 2.75) is 0 Å². The highest BCUT2D eigenvalue weighted by atomic mass is 16.3. The van der Waals surface area contributed by atoms with Gasteiger partial charge < -0.3 is 4.42 Å². The van der Waals surface area contributed by atoms with Gasteiger partial charge in [0.1, 0.15) is 11.2 Å². The maximum absolute atomic E-state index is 6.25. The average Bonchev–Trinajstić information content (AvgIpc) is 3.62. The lowest BCUT2D eigenvalue weighted by Crippen LogP contribution is -2.01. The SMILES string of the molecule is c1ccc(-c2nc(-c3ccc4c(-c5cccc6oc7ccccc7c56)cccc4c3)nc(-c3cc4ccccc4c4ccc5ccccc5c34)n2)cc1. The number of nitrogens with zero attached hydrogens (tertiary/aromatic N) is 3. The second kappa shape index (κ2) is 11.7. The highest BCUT2D eigenvalue weighted by Crippen LogP contribution is 2.41. The summed E-state index contributed by atoms with van der Waals surface area (Å²) in [4.78, 5) is 15.6. The molecule has 2 aromatic heterocycles. The van der Waals surface area contributed by atoms with Crippen LogP contribution >= 0.6 is 0 Å². The normalized spacial score (nSPS) is 11.8. The van der Waals surface area contributed by atoms with E-state index in [1.165, 1.54) is 21.5 Å². The average molecular weight is 676 g/mol. The molecule has 0 amide bonds. The van der Waals surface area contributed by atoms with Crippen LogP contribution in [0.3, 0.4) is 0 Å². The van der Waals surface area contributed by atoms with Crippen molar-refractivity contribution in [3.05, 3.63) is 176 Å². The fourth-order valence-corrected chi connectivity index (χ4v) is 8.06. The Morgan fingerprint density at radius 3 is 1.81 bits per heavy atom. The van der Waals surface area contributed by atoms with Gasteiger partial charge in [-0.2, -0.15) is 0 Å². The third-order valence-electron chi connectivity index (χ3n) is 10.5. The Bertz CT molecular complexity index is 3240. The molecule has 0 bridgehead atoms. The molecule has 246 valence electrons. The molecule has 11 rings (SSSR count). The number of para-hydroxylation sites is 1. The highest BCUT2D eigenvalue weighted by molar-refractivity contribution is 6.22. The lowest BCUT2D eigenvalue weighted by molar-refractivity contribution is 0.669. The maximum atomic E-state index is 6.25. The Morgan fingerprint density at radius 1 is 0.302 bits per heavy atom. The fourth-order valence-electron chi connectivity index (χ4n) is 8.06. The first-order chi connectivity index (χ1) is 26.3. The van der Waals surface area contributed by atoms with Crippen molar-refractivity contribution in [3.63, 3.8) is 0 Å². The zero-order chi connectivity index (χ0) is 34.9. The van der Waals surface area contributed by atoms with E-state index in [2.05, 4.69) is 140 Å². The summed E-state index contributed by atoms with van der Waals surface area (Å²) in [7, 11) is 0. The van der Waals surface area contributed by atoms with Crippen LogP contribution in [0.2, 0.25) is 0 Å². The molecule has 0 aliphatic carbocycles. The van der Waals surface area contributed by atoms with E-state index in [9.17, 15) is 0 Å². The molecule has 0 fully saturated rings. The second-order valence-corrected chi connectivity index (χ2v) is 13.5. The molecule has 4 nitrogen and oxygen atoms in total. The number of rotatable bonds is 4. The van der Waals surface area contributed by atoms with Gasteiger partial charge in [0.05, 0.1) is 0 Å². The Kier molecular flexibility index (Phi) is 6.52. The van der Waals surface area contributed by atoms with Crippen LogP contribution in [0.4, 0.5) is 0 Å². The lowest BCUT2D eigenvalue weighted by Gasteiger charge is -2.15. The minimum absolute atomic E-state index is 0.630. The van der Waals surface area contributed by atoms with Gasteiger partial charge in [-0.15, -0.1) is 0 Å². The van der Waals surface area contributed by atoms with E-state index in [1.54, 1.807) is 0 Å². The van der Waals surface area contributed by atoms with Gasteiger partial charge in [0.15, 0.2) is 17.5 Å². The van der Waals surface area contributed by atoms with Crippen molar-refractivity contribution in [3.8, 4) is 45.3 Å². The van der Waals surface area contributed by atoms with Crippen molar-refractivity contribution in [1.82, 2.24) is 15.0 Å². The molecule has 0 saturated heterocycles. The van der Waals surface area contributed by atoms with Crippen LogP contribution in [0.1, 0.15) is 0 Å². The van der Waals surface area contributed by atoms with Crippen LogP contribution in [-0.4, -0.2) is 15.0 Å². The van der Waals surface area contributed by atoms with Crippen molar-refractivity contribution in [2.75, 3.05) is 0 Å². The number of hydrogen-bond donors (Lipinski definition) is 0. The Hall–Kier alpha value is -7.17. The number of benzene rings is 9. The molecule has 0 spiro atoms. The number of aromatic nitrogens is 3. The lowest BCUT2D eigenvalue weighted by atomic mass is 9.92. The monoisotopic (exact) mass is 675 g/mol. The van der Waals surface area contributed by atoms with E-state index in [1.807, 2.05) is 36.4 Å². The summed E-state index contributed by atoms with van der Waals surface area (Å²) in [6.07, 6.45) is 0. The van der Waals surface area contributed by atoms with Gasteiger partial charge in [-0.1, -0.05) is 152 Å². The molecule has 0 unspecified atom stereocenters. The molecular formula is C49H29N3O. The summed E-state index contributed by atoms with van der Waals surface area (Å²) in [6.45, 7) is 0. The molecular weight excluding hydrogens is 647 g/mol. The Balaban J connectivity index is 1.14. The molecule has 0 N–H and O–H groups in total. The second-order valence-electron chi connectivity index (χ2n) is 13.5. The van der Waals surface area contributed by atoms with E-state index < -0.39 is 0 Å². The summed E-state index contributed by atoms with van der Waals surface area (Å²) in [5.74, 6) is 1.92. The van der Waals surface area contributed by atoms with E-state index in [-0.39, 0.29) is 0 Å². The molecule has 0 atom stereocenters. The standard InChI is InChI=1S/C49H29N3O/c1-2-13-31(14-3-1)47-50-48(52-49(51-47)42-29-33-15-5-6-17-35(33)40-27-24-30-12-4-7-18-37(30)45(40)42)34-25-26-36-32(28-34)16-10-20-38(36)39-21-11-23-44-46(39)41-19-8-9-22-43(41)53-44/h1-29H. The molecule has 0 radical (unpaired) electrons. The fraction of sp³-hybridized carbons (Fsp3) is 0. The van der Waals surface area contributed by atoms with Gasteiger partial charge in [-0.3, -0.25) is 0 Å². The first kappa shape index (κ1) is 29.5. The Morgan fingerprint density at radius 2 is 0.925 bits per heavy atom. The van der Waals surface area contributed by atoms with Gasteiger partial charge in [0.2, 0.25) is 0 Å². The summed E-state index contributed by atoms with van der Waals surface area (Å²) >= 11 is 0. The predicted molar refractivity (Wildman–Crippen MR) is 219 cm³/mol. The Labute approximate surface area is 304 Å². The first-order valence-electron chi connectivity index (χ1n) is 17.9. The predicted octanol–water partition coefficient (Wildman–Crippen LogP) is 13.1. The van der Waals surface area contributed by atoms with Gasteiger partial charge >= 0.3 is 0 Å². The van der Waals surface area contributed by atoms with E-state index in [4.69, 9.17) is 19.4 Å². The molecule has 0 aliphatic heterocycles. The van der Waals surface area contributed by atoms with Crippen LogP contribution in [-0.2, 0) is 0 Å². The third-order valence-corrected chi connectivity index (χ3v) is 10.5. The smallest absolute Gasteiger partial charge is 0.164 e. The number of furan rings is 1. The van der Waals surface area contributed by atoms with Crippen LogP contribution in [0.25, 0.3) is 110 Å². The first-order valence-corrected chi connectivity index (χ1v) is 17.9. The highest BCUT2D eigenvalue weighted by Gasteiger charge is 2.19. The van der Waals surface area contributed by atoms with Crippen molar-refractivity contribution in [2.24, 2.45) is 0 Å². The van der Waals surface area contributed by atoms with E-state index in [0.29, 0.717) is 17.5 Å².